The molecule has 5 aromatic rings. The van der Waals surface area contributed by atoms with Gasteiger partial charge >= 0.3 is 5.97 Å². The van der Waals surface area contributed by atoms with Crippen molar-refractivity contribution in [3.05, 3.63) is 94.7 Å². The molecule has 238 valence electrons. The van der Waals surface area contributed by atoms with Crippen LogP contribution >= 0.6 is 0 Å². The number of carboxylic acids is 1. The highest BCUT2D eigenvalue weighted by Crippen LogP contribution is 2.47. The van der Waals surface area contributed by atoms with Crippen LogP contribution in [0.2, 0.25) is 0 Å². The average molecular weight is 617 g/mol. The van der Waals surface area contributed by atoms with E-state index in [-0.39, 0.29) is 5.91 Å². The third-order valence-electron chi connectivity index (χ3n) is 10.3. The van der Waals surface area contributed by atoms with Crippen molar-refractivity contribution in [1.29, 1.82) is 0 Å². The minimum Gasteiger partial charge on any atom is -0.478 e. The summed E-state index contributed by atoms with van der Waals surface area (Å²) in [6.45, 7) is 5.73. The molecule has 1 fully saturated rings. The van der Waals surface area contributed by atoms with Crippen LogP contribution < -0.4 is 0 Å². The molecule has 1 saturated carbocycles. The fourth-order valence-corrected chi connectivity index (χ4v) is 8.01. The van der Waals surface area contributed by atoms with Gasteiger partial charge in [0.15, 0.2) is 0 Å². The number of hydrogen-bond donors (Lipinski definition) is 1. The summed E-state index contributed by atoms with van der Waals surface area (Å²) in [5, 5.41) is 12.2. The van der Waals surface area contributed by atoms with Crippen molar-refractivity contribution in [1.82, 2.24) is 18.9 Å². The lowest BCUT2D eigenvalue weighted by molar-refractivity contribution is 0.0696. The standard InChI is InChI=1S/C39H44N4O3/c1-4-40(2)25-32-29-17-11-18-31-35(29)43(37(32)38(44)41(3)24-26-13-7-5-8-14-26)22-12-21-42-33-23-28(39(45)46)19-20-30(33)34(36(31)42)27-15-9-6-10-16-27/h5,7-8,11,13-14,17-20,23,27H,4,6,9-10,12,15-16,21-22,24-25H2,1-3H3,(H,45,46). The summed E-state index contributed by atoms with van der Waals surface area (Å²) in [6.07, 6.45) is 6.81. The molecule has 7 nitrogen and oxygen atoms in total. The highest BCUT2D eigenvalue weighted by Gasteiger charge is 2.32. The molecular formula is C39H44N4O3. The number of rotatable bonds is 8. The summed E-state index contributed by atoms with van der Waals surface area (Å²) in [4.78, 5) is 30.8. The average Bonchev–Trinajstić information content (AvgIpc) is 3.55. The molecule has 7 rings (SSSR count). The summed E-state index contributed by atoms with van der Waals surface area (Å²) in [7, 11) is 4.03. The smallest absolute Gasteiger partial charge is 0.335 e. The first-order chi connectivity index (χ1) is 22.4. The van der Waals surface area contributed by atoms with Gasteiger partial charge in [-0.2, -0.15) is 0 Å². The molecule has 1 aliphatic heterocycles. The van der Waals surface area contributed by atoms with Gasteiger partial charge < -0.3 is 24.0 Å². The van der Waals surface area contributed by atoms with E-state index in [4.69, 9.17) is 0 Å². The molecule has 46 heavy (non-hydrogen) atoms. The first kappa shape index (κ1) is 30.3. The number of para-hydroxylation sites is 1. The SMILES string of the molecule is CCN(C)Cc1c(C(=O)N(C)Cc2ccccc2)n2c3c(cccc13)-c1c(C3CCCCC3)c3ccc(C(=O)O)cc3n1CCC2. The summed E-state index contributed by atoms with van der Waals surface area (Å²) in [6, 6.07) is 22.5. The minimum absolute atomic E-state index is 0.0465. The monoisotopic (exact) mass is 616 g/mol. The molecule has 1 aliphatic carbocycles. The van der Waals surface area contributed by atoms with Crippen LogP contribution in [0.15, 0.2) is 66.7 Å². The van der Waals surface area contributed by atoms with Crippen LogP contribution in [0.3, 0.4) is 0 Å². The van der Waals surface area contributed by atoms with Crippen molar-refractivity contribution in [3.63, 3.8) is 0 Å². The van der Waals surface area contributed by atoms with Crippen LogP contribution in [0.1, 0.15) is 88.9 Å². The number of benzene rings is 3. The van der Waals surface area contributed by atoms with Crippen LogP contribution in [0.5, 0.6) is 0 Å². The fraction of sp³-hybridized carbons (Fsp3) is 0.385. The largest absolute Gasteiger partial charge is 0.478 e. The third-order valence-corrected chi connectivity index (χ3v) is 10.3. The molecule has 3 heterocycles. The lowest BCUT2D eigenvalue weighted by atomic mass is 9.81. The molecule has 3 aromatic carbocycles. The molecule has 1 N–H and O–H groups in total. The maximum Gasteiger partial charge on any atom is 0.335 e. The maximum atomic E-state index is 14.6. The van der Waals surface area contributed by atoms with E-state index in [2.05, 4.69) is 64.4 Å². The van der Waals surface area contributed by atoms with Crippen LogP contribution in [-0.4, -0.2) is 56.6 Å². The maximum absolute atomic E-state index is 14.6. The molecular weight excluding hydrogens is 572 g/mol. The van der Waals surface area contributed by atoms with Gasteiger partial charge in [-0.25, -0.2) is 4.79 Å². The van der Waals surface area contributed by atoms with E-state index in [1.807, 2.05) is 36.2 Å². The first-order valence-electron chi connectivity index (χ1n) is 16.9. The van der Waals surface area contributed by atoms with Crippen LogP contribution in [0, 0.1) is 0 Å². The van der Waals surface area contributed by atoms with Gasteiger partial charge in [0.1, 0.15) is 5.69 Å². The molecule has 2 aliphatic rings. The Labute approximate surface area is 271 Å². The summed E-state index contributed by atoms with van der Waals surface area (Å²) >= 11 is 0. The van der Waals surface area contributed by atoms with Crippen LogP contribution in [-0.2, 0) is 26.2 Å². The van der Waals surface area contributed by atoms with Crippen molar-refractivity contribution >= 4 is 33.7 Å². The van der Waals surface area contributed by atoms with Gasteiger partial charge in [-0.1, -0.05) is 80.8 Å². The molecule has 7 heteroatoms. The molecule has 0 radical (unpaired) electrons. The van der Waals surface area contributed by atoms with Crippen LogP contribution in [0.4, 0.5) is 0 Å². The molecule has 1 amide bonds. The highest BCUT2D eigenvalue weighted by molar-refractivity contribution is 6.08. The molecule has 2 aromatic heterocycles. The third kappa shape index (κ3) is 5.20. The van der Waals surface area contributed by atoms with Crippen molar-refractivity contribution < 1.29 is 14.7 Å². The number of aromatic carboxylic acids is 1. The second kappa shape index (κ2) is 12.4. The number of fused-ring (bicyclic) bond motifs is 4. The first-order valence-corrected chi connectivity index (χ1v) is 16.9. The van der Waals surface area contributed by atoms with Crippen molar-refractivity contribution in [2.75, 3.05) is 20.6 Å². The van der Waals surface area contributed by atoms with E-state index in [1.54, 1.807) is 6.07 Å². The van der Waals surface area contributed by atoms with Gasteiger partial charge in [0.25, 0.3) is 5.91 Å². The molecule has 0 saturated heterocycles. The zero-order valence-electron chi connectivity index (χ0n) is 27.3. The Hall–Kier alpha value is -4.36. The van der Waals surface area contributed by atoms with E-state index in [0.717, 1.165) is 71.2 Å². The Morgan fingerprint density at radius 1 is 0.848 bits per heavy atom. The van der Waals surface area contributed by atoms with Gasteiger partial charge in [-0.15, -0.1) is 0 Å². The van der Waals surface area contributed by atoms with Gasteiger partial charge in [-0.05, 0) is 62.0 Å². The Morgan fingerprint density at radius 2 is 1.61 bits per heavy atom. The van der Waals surface area contributed by atoms with Crippen molar-refractivity contribution in [2.45, 2.75) is 77.5 Å². The Bertz CT molecular complexity index is 1930. The van der Waals surface area contributed by atoms with Crippen LogP contribution in [0.25, 0.3) is 33.1 Å². The van der Waals surface area contributed by atoms with E-state index in [1.165, 1.54) is 35.9 Å². The zero-order valence-corrected chi connectivity index (χ0v) is 27.3. The predicted molar refractivity (Wildman–Crippen MR) is 185 cm³/mol. The van der Waals surface area contributed by atoms with Gasteiger partial charge in [-0.3, -0.25) is 4.79 Å². The summed E-state index contributed by atoms with van der Waals surface area (Å²) < 4.78 is 4.72. The van der Waals surface area contributed by atoms with Crippen molar-refractivity contribution in [3.8, 4) is 11.3 Å². The second-order valence-corrected chi connectivity index (χ2v) is 13.3. The lowest BCUT2D eigenvalue weighted by Gasteiger charge is -2.26. The number of hydrogen-bond acceptors (Lipinski definition) is 3. The van der Waals surface area contributed by atoms with Gasteiger partial charge in [0.2, 0.25) is 0 Å². The number of amides is 1. The second-order valence-electron chi connectivity index (χ2n) is 13.3. The van der Waals surface area contributed by atoms with E-state index < -0.39 is 5.97 Å². The number of carboxylic acid groups (broad SMARTS) is 1. The Morgan fingerprint density at radius 3 is 2.35 bits per heavy atom. The fourth-order valence-electron chi connectivity index (χ4n) is 8.01. The number of aryl methyl sites for hydroxylation is 2. The predicted octanol–water partition coefficient (Wildman–Crippen LogP) is 8.14. The number of carbonyl (C=O) groups excluding carboxylic acids is 1. The zero-order chi connectivity index (χ0) is 31.9. The molecule has 0 atom stereocenters. The van der Waals surface area contributed by atoms with E-state index in [9.17, 15) is 14.7 Å². The summed E-state index contributed by atoms with van der Waals surface area (Å²) in [5.74, 6) is -0.429. The molecule has 0 spiro atoms. The van der Waals surface area contributed by atoms with E-state index in [0.29, 0.717) is 31.1 Å². The van der Waals surface area contributed by atoms with Gasteiger partial charge in [0, 0.05) is 60.6 Å². The summed E-state index contributed by atoms with van der Waals surface area (Å²) in [5.41, 5.74) is 9.16. The normalized spacial score (nSPS) is 15.2. The Kier molecular flexibility index (Phi) is 8.20. The Balaban J connectivity index is 1.49. The number of nitrogens with zero attached hydrogens (tertiary/aromatic N) is 4. The highest BCUT2D eigenvalue weighted by atomic mass is 16.4. The van der Waals surface area contributed by atoms with Crippen molar-refractivity contribution in [2.24, 2.45) is 0 Å². The lowest BCUT2D eigenvalue weighted by Crippen LogP contribution is -2.30. The number of carbonyl (C=O) groups is 2. The van der Waals surface area contributed by atoms with E-state index >= 15 is 0 Å². The topological polar surface area (TPSA) is 70.7 Å². The minimum atomic E-state index is -0.897. The quantitative estimate of drug-likeness (QED) is 0.191. The van der Waals surface area contributed by atoms with Gasteiger partial charge in [0.05, 0.1) is 16.8 Å². The molecule has 0 unspecified atom stereocenters. The molecule has 0 bridgehead atoms. The number of aromatic nitrogens is 2.